The largest absolute Gasteiger partial charge is 0.490 e. The molecule has 3 aromatic carbocycles. The summed E-state index contributed by atoms with van der Waals surface area (Å²) in [6, 6.07) is 23.1. The van der Waals surface area contributed by atoms with Gasteiger partial charge in [0.2, 0.25) is 5.91 Å². The minimum absolute atomic E-state index is 0.0120. The van der Waals surface area contributed by atoms with Crippen LogP contribution in [-0.4, -0.2) is 54.5 Å². The van der Waals surface area contributed by atoms with E-state index in [1.165, 1.54) is 18.2 Å². The quantitative estimate of drug-likeness (QED) is 0.351. The smallest absolute Gasteiger partial charge is 0.260 e. The first-order chi connectivity index (χ1) is 17.9. The zero-order valence-electron chi connectivity index (χ0n) is 20.7. The summed E-state index contributed by atoms with van der Waals surface area (Å²) < 4.78 is 26.2. The molecular formula is C29H30BrFN2O4. The number of hydrogen-bond acceptors (Lipinski definition) is 4. The van der Waals surface area contributed by atoms with E-state index >= 15 is 0 Å². The highest BCUT2D eigenvalue weighted by atomic mass is 79.9. The van der Waals surface area contributed by atoms with Crippen LogP contribution in [0.15, 0.2) is 83.3 Å². The molecule has 2 amide bonds. The molecule has 1 aliphatic rings. The Hall–Kier alpha value is -3.39. The normalized spacial score (nSPS) is 17.2. The Morgan fingerprint density at radius 3 is 2.54 bits per heavy atom. The fourth-order valence-electron chi connectivity index (χ4n) is 4.42. The van der Waals surface area contributed by atoms with Crippen LogP contribution in [0.2, 0.25) is 0 Å². The molecule has 0 bridgehead atoms. The zero-order valence-corrected chi connectivity index (χ0v) is 22.3. The Labute approximate surface area is 225 Å². The summed E-state index contributed by atoms with van der Waals surface area (Å²) >= 11 is 3.47. The number of rotatable bonds is 9. The third kappa shape index (κ3) is 7.79. The van der Waals surface area contributed by atoms with E-state index in [2.05, 4.69) is 15.9 Å². The predicted molar refractivity (Wildman–Crippen MR) is 143 cm³/mol. The second-order valence-electron chi connectivity index (χ2n) is 9.19. The molecule has 8 heteroatoms. The van der Waals surface area contributed by atoms with Crippen molar-refractivity contribution in [2.75, 3.05) is 26.7 Å². The lowest BCUT2D eigenvalue weighted by Crippen LogP contribution is -2.50. The maximum Gasteiger partial charge on any atom is 0.260 e. The van der Waals surface area contributed by atoms with Crippen molar-refractivity contribution in [1.82, 2.24) is 9.80 Å². The van der Waals surface area contributed by atoms with E-state index in [1.807, 2.05) is 54.6 Å². The van der Waals surface area contributed by atoms with Crippen molar-refractivity contribution in [3.8, 4) is 11.5 Å². The molecule has 0 aliphatic carbocycles. The lowest BCUT2D eigenvalue weighted by atomic mass is 9.90. The molecule has 1 heterocycles. The molecule has 0 spiro atoms. The van der Waals surface area contributed by atoms with Crippen LogP contribution >= 0.6 is 15.9 Å². The van der Waals surface area contributed by atoms with Crippen LogP contribution in [0.5, 0.6) is 11.5 Å². The van der Waals surface area contributed by atoms with E-state index in [1.54, 1.807) is 22.9 Å². The van der Waals surface area contributed by atoms with Crippen LogP contribution in [0.25, 0.3) is 0 Å². The summed E-state index contributed by atoms with van der Waals surface area (Å²) in [5, 5.41) is 0. The molecule has 37 heavy (non-hydrogen) atoms. The van der Waals surface area contributed by atoms with Crippen molar-refractivity contribution < 1.29 is 23.5 Å². The second kappa shape index (κ2) is 12.7. The zero-order chi connectivity index (χ0) is 26.2. The molecule has 194 valence electrons. The van der Waals surface area contributed by atoms with E-state index in [4.69, 9.17) is 9.47 Å². The summed E-state index contributed by atoms with van der Waals surface area (Å²) in [6.07, 6.45) is 0.603. The number of likely N-dealkylation sites (tertiary alicyclic amines) is 1. The molecule has 0 radical (unpaired) electrons. The summed E-state index contributed by atoms with van der Waals surface area (Å²) in [7, 11) is 1.79. The van der Waals surface area contributed by atoms with Crippen LogP contribution in [0.4, 0.5) is 4.39 Å². The molecule has 6 nitrogen and oxygen atoms in total. The number of hydrogen-bond donors (Lipinski definition) is 0. The maximum atomic E-state index is 13.4. The fourth-order valence-corrected chi connectivity index (χ4v) is 4.80. The van der Waals surface area contributed by atoms with E-state index in [0.29, 0.717) is 37.6 Å². The minimum Gasteiger partial charge on any atom is -0.490 e. The van der Waals surface area contributed by atoms with Gasteiger partial charge in [0.25, 0.3) is 5.91 Å². The predicted octanol–water partition coefficient (Wildman–Crippen LogP) is 5.31. The van der Waals surface area contributed by atoms with Crippen molar-refractivity contribution in [3.63, 3.8) is 0 Å². The molecule has 4 rings (SSSR count). The molecule has 1 saturated heterocycles. The van der Waals surface area contributed by atoms with Gasteiger partial charge in [-0.25, -0.2) is 4.39 Å². The first kappa shape index (κ1) is 26.7. The SMILES string of the molecule is CN(Cc1ccccc1)C(=O)C[C@H]1CN(C(=O)COc2cccc(F)c2)CC[C@@H]1Oc1cccc(Br)c1. The average molecular weight is 569 g/mol. The van der Waals surface area contributed by atoms with Crippen LogP contribution in [0.1, 0.15) is 18.4 Å². The summed E-state index contributed by atoms with van der Waals surface area (Å²) in [5.74, 6) is 0.173. The molecule has 1 fully saturated rings. The van der Waals surface area contributed by atoms with Gasteiger partial charge in [-0.15, -0.1) is 0 Å². The summed E-state index contributed by atoms with van der Waals surface area (Å²) in [5.41, 5.74) is 1.05. The molecule has 0 saturated carbocycles. The minimum atomic E-state index is -0.423. The van der Waals surface area contributed by atoms with Gasteiger partial charge in [0.15, 0.2) is 6.61 Å². The van der Waals surface area contributed by atoms with Crippen LogP contribution in [0.3, 0.4) is 0 Å². The first-order valence-corrected chi connectivity index (χ1v) is 13.0. The van der Waals surface area contributed by atoms with Gasteiger partial charge in [-0.05, 0) is 35.9 Å². The third-order valence-electron chi connectivity index (χ3n) is 6.38. The lowest BCUT2D eigenvalue weighted by molar-refractivity contribution is -0.140. The standard InChI is InChI=1S/C29H30BrFN2O4/c1-32(18-21-7-3-2-4-8-21)28(34)15-22-19-33(29(35)20-36-25-11-6-10-24(31)17-25)14-13-27(22)37-26-12-5-9-23(30)16-26/h2-12,16-17,22,27H,13-15,18-20H2,1H3/t22-,27-/m0/s1. The Balaban J connectivity index is 1.42. The first-order valence-electron chi connectivity index (χ1n) is 12.2. The number of ether oxygens (including phenoxy) is 2. The van der Waals surface area contributed by atoms with Gasteiger partial charge in [0, 0.05) is 56.0 Å². The number of piperidine rings is 1. The Bertz CT molecular complexity index is 1210. The van der Waals surface area contributed by atoms with Crippen molar-refractivity contribution in [2.24, 2.45) is 5.92 Å². The second-order valence-corrected chi connectivity index (χ2v) is 10.1. The summed E-state index contributed by atoms with van der Waals surface area (Å²) in [4.78, 5) is 29.5. The van der Waals surface area contributed by atoms with Crippen molar-refractivity contribution in [3.05, 3.63) is 94.7 Å². The molecule has 0 unspecified atom stereocenters. The van der Waals surface area contributed by atoms with Crippen molar-refractivity contribution in [2.45, 2.75) is 25.5 Å². The number of amides is 2. The van der Waals surface area contributed by atoms with E-state index < -0.39 is 5.82 Å². The number of nitrogens with zero attached hydrogens (tertiary/aromatic N) is 2. The summed E-state index contributed by atoms with van der Waals surface area (Å²) in [6.45, 7) is 1.16. The van der Waals surface area contributed by atoms with Gasteiger partial charge in [-0.3, -0.25) is 9.59 Å². The van der Waals surface area contributed by atoms with Gasteiger partial charge in [-0.2, -0.15) is 0 Å². The fraction of sp³-hybridized carbons (Fsp3) is 0.310. The van der Waals surface area contributed by atoms with Crippen LogP contribution in [-0.2, 0) is 16.1 Å². The van der Waals surface area contributed by atoms with Crippen LogP contribution < -0.4 is 9.47 Å². The van der Waals surface area contributed by atoms with Gasteiger partial charge in [0.1, 0.15) is 23.4 Å². The molecule has 0 N–H and O–H groups in total. The van der Waals surface area contributed by atoms with E-state index in [9.17, 15) is 14.0 Å². The monoisotopic (exact) mass is 568 g/mol. The maximum absolute atomic E-state index is 13.4. The van der Waals surface area contributed by atoms with E-state index in [0.717, 1.165) is 10.0 Å². The highest BCUT2D eigenvalue weighted by Crippen LogP contribution is 2.28. The number of carbonyl (C=O) groups is 2. The van der Waals surface area contributed by atoms with Gasteiger partial charge >= 0.3 is 0 Å². The number of benzene rings is 3. The number of halogens is 2. The average Bonchev–Trinajstić information content (AvgIpc) is 2.89. The van der Waals surface area contributed by atoms with E-state index in [-0.39, 0.29) is 36.9 Å². The molecule has 2 atom stereocenters. The van der Waals surface area contributed by atoms with Crippen LogP contribution in [0, 0.1) is 11.7 Å². The lowest BCUT2D eigenvalue weighted by Gasteiger charge is -2.38. The van der Waals surface area contributed by atoms with Crippen molar-refractivity contribution >= 4 is 27.7 Å². The third-order valence-corrected chi connectivity index (χ3v) is 6.88. The van der Waals surface area contributed by atoms with Gasteiger partial charge in [-0.1, -0.05) is 58.4 Å². The highest BCUT2D eigenvalue weighted by molar-refractivity contribution is 9.10. The molecular weight excluding hydrogens is 539 g/mol. The molecule has 1 aliphatic heterocycles. The van der Waals surface area contributed by atoms with Crippen molar-refractivity contribution in [1.29, 1.82) is 0 Å². The topological polar surface area (TPSA) is 59.1 Å². The molecule has 3 aromatic rings. The molecule has 0 aromatic heterocycles. The van der Waals surface area contributed by atoms with Gasteiger partial charge < -0.3 is 19.3 Å². The Kier molecular flexibility index (Phi) is 9.17. The Morgan fingerprint density at radius 2 is 1.78 bits per heavy atom. The number of carbonyl (C=O) groups excluding carboxylic acids is 2. The Morgan fingerprint density at radius 1 is 1.03 bits per heavy atom. The highest BCUT2D eigenvalue weighted by Gasteiger charge is 2.35. The van der Waals surface area contributed by atoms with Gasteiger partial charge in [0.05, 0.1) is 0 Å².